The van der Waals surface area contributed by atoms with Gasteiger partial charge >= 0.3 is 11.9 Å². The highest BCUT2D eigenvalue weighted by molar-refractivity contribution is 5.73. The first-order valence-corrected chi connectivity index (χ1v) is 10.2. The molecule has 1 rings (SSSR count). The van der Waals surface area contributed by atoms with Crippen molar-refractivity contribution in [1.82, 2.24) is 0 Å². The van der Waals surface area contributed by atoms with E-state index in [2.05, 4.69) is 0 Å². The van der Waals surface area contributed by atoms with Crippen LogP contribution < -0.4 is 0 Å². The van der Waals surface area contributed by atoms with E-state index in [-0.39, 0.29) is 5.75 Å². The summed E-state index contributed by atoms with van der Waals surface area (Å²) in [5.41, 5.74) is 0.966. The van der Waals surface area contributed by atoms with E-state index in [1.165, 1.54) is 5.56 Å². The molecule has 28 heavy (non-hydrogen) atoms. The second kappa shape index (κ2) is 10.5. The van der Waals surface area contributed by atoms with Gasteiger partial charge in [0, 0.05) is 0 Å². The molecular formula is C23H36O5. The highest BCUT2D eigenvalue weighted by Gasteiger charge is 2.26. The van der Waals surface area contributed by atoms with Crippen molar-refractivity contribution in [2.75, 3.05) is 0 Å². The predicted octanol–water partition coefficient (Wildman–Crippen LogP) is 5.43. The molecule has 0 aliphatic carbocycles. The van der Waals surface area contributed by atoms with Crippen molar-refractivity contribution in [3.05, 3.63) is 29.3 Å². The lowest BCUT2D eigenvalue weighted by Gasteiger charge is -2.19. The normalized spacial score (nSPS) is 12.1. The van der Waals surface area contributed by atoms with Crippen LogP contribution in [0, 0.1) is 10.8 Å². The summed E-state index contributed by atoms with van der Waals surface area (Å²) < 4.78 is 0. The van der Waals surface area contributed by atoms with Crippen molar-refractivity contribution in [1.29, 1.82) is 0 Å². The molecule has 1 aromatic rings. The molecule has 5 heteroatoms. The van der Waals surface area contributed by atoms with Gasteiger partial charge in [-0.05, 0) is 89.5 Å². The number of carbonyl (C=O) groups is 2. The van der Waals surface area contributed by atoms with Crippen LogP contribution in [0.3, 0.4) is 0 Å². The Labute approximate surface area is 168 Å². The highest BCUT2D eigenvalue weighted by Crippen LogP contribution is 2.27. The van der Waals surface area contributed by atoms with Crippen LogP contribution in [-0.2, 0) is 22.4 Å². The molecule has 0 atom stereocenters. The lowest BCUT2D eigenvalue weighted by atomic mass is 9.86. The lowest BCUT2D eigenvalue weighted by Crippen LogP contribution is -2.23. The van der Waals surface area contributed by atoms with E-state index in [4.69, 9.17) is 5.11 Å². The number of phenols is 1. The standard InChI is InChI=1S/C23H36O5/c1-22(2,20(25)26)14-8-5-6-11-18-16-19(24)13-12-17(18)10-7-9-15-23(3,4)21(27)28/h12-13,16,24H,5-11,14-15H2,1-4H3,(H,25,26)(H,27,28). The van der Waals surface area contributed by atoms with Gasteiger partial charge in [0.15, 0.2) is 0 Å². The van der Waals surface area contributed by atoms with E-state index in [1.54, 1.807) is 33.8 Å². The molecule has 0 saturated carbocycles. The summed E-state index contributed by atoms with van der Waals surface area (Å²) in [6.45, 7) is 7.03. The summed E-state index contributed by atoms with van der Waals surface area (Å²) in [4.78, 5) is 22.3. The topological polar surface area (TPSA) is 94.8 Å². The van der Waals surface area contributed by atoms with E-state index in [0.29, 0.717) is 12.8 Å². The second-order valence-corrected chi connectivity index (χ2v) is 9.10. The van der Waals surface area contributed by atoms with E-state index in [0.717, 1.165) is 50.5 Å². The smallest absolute Gasteiger partial charge is 0.309 e. The number of aryl methyl sites for hydroxylation is 2. The van der Waals surface area contributed by atoms with Gasteiger partial charge < -0.3 is 15.3 Å². The molecule has 0 saturated heterocycles. The molecule has 0 radical (unpaired) electrons. The van der Waals surface area contributed by atoms with Crippen molar-refractivity contribution in [2.45, 2.75) is 85.5 Å². The average molecular weight is 393 g/mol. The molecule has 0 aromatic heterocycles. The highest BCUT2D eigenvalue weighted by atomic mass is 16.4. The first-order chi connectivity index (χ1) is 13.0. The van der Waals surface area contributed by atoms with Crippen LogP contribution in [0.15, 0.2) is 18.2 Å². The molecule has 0 amide bonds. The first-order valence-electron chi connectivity index (χ1n) is 10.2. The maximum absolute atomic E-state index is 11.2. The van der Waals surface area contributed by atoms with Crippen molar-refractivity contribution < 1.29 is 24.9 Å². The Morgan fingerprint density at radius 2 is 1.21 bits per heavy atom. The zero-order chi connectivity index (χ0) is 21.4. The number of carboxylic acid groups (broad SMARTS) is 2. The Hall–Kier alpha value is -2.04. The van der Waals surface area contributed by atoms with Gasteiger partial charge in [-0.3, -0.25) is 9.59 Å². The van der Waals surface area contributed by atoms with E-state index >= 15 is 0 Å². The zero-order valence-corrected chi connectivity index (χ0v) is 17.8. The van der Waals surface area contributed by atoms with Crippen LogP contribution in [-0.4, -0.2) is 27.3 Å². The van der Waals surface area contributed by atoms with Crippen LogP contribution in [0.2, 0.25) is 0 Å². The number of phenolic OH excluding ortho intramolecular Hbond substituents is 1. The summed E-state index contributed by atoms with van der Waals surface area (Å²) >= 11 is 0. The fourth-order valence-corrected chi connectivity index (χ4v) is 3.24. The number of unbranched alkanes of at least 4 members (excludes halogenated alkanes) is 3. The average Bonchev–Trinajstić information content (AvgIpc) is 2.59. The van der Waals surface area contributed by atoms with Gasteiger partial charge in [0.05, 0.1) is 10.8 Å². The van der Waals surface area contributed by atoms with E-state index in [1.807, 2.05) is 12.1 Å². The molecule has 0 fully saturated rings. The number of carboxylic acids is 2. The monoisotopic (exact) mass is 392 g/mol. The largest absolute Gasteiger partial charge is 0.508 e. The van der Waals surface area contributed by atoms with Crippen molar-refractivity contribution in [3.63, 3.8) is 0 Å². The quantitative estimate of drug-likeness (QED) is 0.389. The zero-order valence-electron chi connectivity index (χ0n) is 17.8. The Kier molecular flexibility index (Phi) is 8.99. The molecule has 3 N–H and O–H groups in total. The van der Waals surface area contributed by atoms with Gasteiger partial charge in [-0.2, -0.15) is 0 Å². The van der Waals surface area contributed by atoms with Crippen LogP contribution in [0.25, 0.3) is 0 Å². The fourth-order valence-electron chi connectivity index (χ4n) is 3.24. The third-order valence-electron chi connectivity index (χ3n) is 5.59. The molecule has 1 aromatic carbocycles. The Bertz CT molecular complexity index is 661. The van der Waals surface area contributed by atoms with Gasteiger partial charge in [-0.1, -0.05) is 25.3 Å². The molecule has 0 bridgehead atoms. The number of hydrogen-bond acceptors (Lipinski definition) is 3. The number of aliphatic carboxylic acids is 2. The molecule has 5 nitrogen and oxygen atoms in total. The number of benzene rings is 1. The Morgan fingerprint density at radius 3 is 1.75 bits per heavy atom. The van der Waals surface area contributed by atoms with Crippen molar-refractivity contribution >= 4 is 11.9 Å². The predicted molar refractivity (Wildman–Crippen MR) is 111 cm³/mol. The fraction of sp³-hybridized carbons (Fsp3) is 0.652. The third-order valence-corrected chi connectivity index (χ3v) is 5.59. The van der Waals surface area contributed by atoms with Gasteiger partial charge in [-0.25, -0.2) is 0 Å². The minimum atomic E-state index is -0.760. The number of aromatic hydroxyl groups is 1. The summed E-state index contributed by atoms with van der Waals surface area (Å²) in [6.07, 6.45) is 7.60. The molecular weight excluding hydrogens is 356 g/mol. The van der Waals surface area contributed by atoms with Gasteiger partial charge in [0.25, 0.3) is 0 Å². The number of rotatable bonds is 13. The minimum Gasteiger partial charge on any atom is -0.508 e. The van der Waals surface area contributed by atoms with Crippen LogP contribution in [0.1, 0.15) is 83.8 Å². The van der Waals surface area contributed by atoms with Gasteiger partial charge in [-0.15, -0.1) is 0 Å². The third kappa shape index (κ3) is 7.91. The second-order valence-electron chi connectivity index (χ2n) is 9.10. The van der Waals surface area contributed by atoms with Crippen LogP contribution >= 0.6 is 0 Å². The molecule has 0 aliphatic rings. The van der Waals surface area contributed by atoms with Gasteiger partial charge in [0.1, 0.15) is 5.75 Å². The summed E-state index contributed by atoms with van der Waals surface area (Å²) in [7, 11) is 0. The molecule has 158 valence electrons. The van der Waals surface area contributed by atoms with Gasteiger partial charge in [0.2, 0.25) is 0 Å². The molecule has 0 spiro atoms. The van der Waals surface area contributed by atoms with Crippen LogP contribution in [0.4, 0.5) is 0 Å². The molecule has 0 unspecified atom stereocenters. The number of hydrogen-bond donors (Lipinski definition) is 3. The minimum absolute atomic E-state index is 0.262. The summed E-state index contributed by atoms with van der Waals surface area (Å²) in [5, 5.41) is 28.2. The van der Waals surface area contributed by atoms with Crippen LogP contribution in [0.5, 0.6) is 5.75 Å². The first kappa shape index (κ1) is 24.0. The van der Waals surface area contributed by atoms with E-state index < -0.39 is 22.8 Å². The maximum atomic E-state index is 11.2. The molecule has 0 heterocycles. The van der Waals surface area contributed by atoms with E-state index in [9.17, 15) is 19.8 Å². The van der Waals surface area contributed by atoms with Crippen molar-refractivity contribution in [3.8, 4) is 5.75 Å². The van der Waals surface area contributed by atoms with Crippen molar-refractivity contribution in [2.24, 2.45) is 10.8 Å². The SMILES string of the molecule is CC(C)(CCCCCc1cc(O)ccc1CCCCC(C)(C)C(=O)O)C(=O)O. The Morgan fingerprint density at radius 1 is 0.750 bits per heavy atom. The molecule has 0 aliphatic heterocycles. The Balaban J connectivity index is 2.49. The summed E-state index contributed by atoms with van der Waals surface area (Å²) in [6, 6.07) is 5.48. The lowest BCUT2D eigenvalue weighted by molar-refractivity contribution is -0.148. The maximum Gasteiger partial charge on any atom is 0.309 e. The summed E-state index contributed by atoms with van der Waals surface area (Å²) in [5.74, 6) is -1.25.